The quantitative estimate of drug-likeness (QED) is 0.434. The van der Waals surface area contributed by atoms with Crippen molar-refractivity contribution in [3.05, 3.63) is 83.9 Å². The molecule has 7 nitrogen and oxygen atoms in total. The van der Waals surface area contributed by atoms with Crippen LogP contribution >= 0.6 is 0 Å². The number of anilines is 2. The highest BCUT2D eigenvalue weighted by Crippen LogP contribution is 2.33. The Balaban J connectivity index is 1.12. The number of nitrogens with one attached hydrogen (secondary N) is 1. The Morgan fingerprint density at radius 3 is 2.46 bits per heavy atom. The fourth-order valence-corrected chi connectivity index (χ4v) is 4.71. The van der Waals surface area contributed by atoms with E-state index in [-0.39, 0.29) is 0 Å². The molecule has 0 bridgehead atoms. The van der Waals surface area contributed by atoms with Crippen LogP contribution in [-0.4, -0.2) is 54.4 Å². The van der Waals surface area contributed by atoms with E-state index in [4.69, 9.17) is 19.4 Å². The molecule has 0 spiro atoms. The Hall–Kier alpha value is -3.84. The molecule has 178 valence electrons. The highest BCUT2D eigenvalue weighted by Gasteiger charge is 2.21. The van der Waals surface area contributed by atoms with Gasteiger partial charge < -0.3 is 19.7 Å². The van der Waals surface area contributed by atoms with Crippen LogP contribution in [0.3, 0.4) is 0 Å². The maximum absolute atomic E-state index is 5.53. The highest BCUT2D eigenvalue weighted by atomic mass is 16.7. The Morgan fingerprint density at radius 1 is 0.771 bits per heavy atom. The van der Waals surface area contributed by atoms with Crippen LogP contribution in [0.4, 0.5) is 11.8 Å². The Morgan fingerprint density at radius 2 is 1.57 bits per heavy atom. The van der Waals surface area contributed by atoms with Gasteiger partial charge in [-0.15, -0.1) is 0 Å². The summed E-state index contributed by atoms with van der Waals surface area (Å²) in [6.07, 6.45) is 0.951. The molecule has 2 aliphatic heterocycles. The lowest BCUT2D eigenvalue weighted by molar-refractivity contribution is 0.174. The molecule has 7 heteroatoms. The van der Waals surface area contributed by atoms with Crippen LogP contribution in [0.2, 0.25) is 0 Å². The van der Waals surface area contributed by atoms with Crippen LogP contribution in [0.1, 0.15) is 11.1 Å². The SMILES string of the molecule is c1ccc(CCNc2nc(N3CCN(Cc4ccc5c(c4)OCO5)CC3)nc3ccccc23)cc1. The minimum atomic E-state index is 0.312. The Bertz CT molecular complexity index is 1310. The van der Waals surface area contributed by atoms with E-state index in [9.17, 15) is 0 Å². The molecule has 0 radical (unpaired) electrons. The predicted molar refractivity (Wildman–Crippen MR) is 138 cm³/mol. The number of piperazine rings is 1. The van der Waals surface area contributed by atoms with E-state index in [1.54, 1.807) is 0 Å². The van der Waals surface area contributed by atoms with Crippen molar-refractivity contribution in [3.63, 3.8) is 0 Å². The molecule has 3 heterocycles. The molecule has 0 amide bonds. The topological polar surface area (TPSA) is 62.8 Å². The van der Waals surface area contributed by atoms with Gasteiger partial charge in [0.05, 0.1) is 5.52 Å². The molecule has 6 rings (SSSR count). The molecule has 0 aliphatic carbocycles. The molecule has 4 aromatic rings. The van der Waals surface area contributed by atoms with Crippen molar-refractivity contribution < 1.29 is 9.47 Å². The molecule has 1 saturated heterocycles. The summed E-state index contributed by atoms with van der Waals surface area (Å²) in [5, 5.41) is 4.63. The number of aromatic nitrogens is 2. The second-order valence-corrected chi connectivity index (χ2v) is 9.00. The first kappa shape index (κ1) is 21.7. The van der Waals surface area contributed by atoms with Crippen LogP contribution in [0.25, 0.3) is 10.9 Å². The molecule has 0 saturated carbocycles. The van der Waals surface area contributed by atoms with Crippen molar-refractivity contribution in [2.45, 2.75) is 13.0 Å². The highest BCUT2D eigenvalue weighted by molar-refractivity contribution is 5.90. The number of para-hydroxylation sites is 1. The lowest BCUT2D eigenvalue weighted by Crippen LogP contribution is -2.46. The van der Waals surface area contributed by atoms with Crippen LogP contribution in [-0.2, 0) is 13.0 Å². The molecule has 3 aromatic carbocycles. The van der Waals surface area contributed by atoms with Crippen molar-refractivity contribution in [2.24, 2.45) is 0 Å². The van der Waals surface area contributed by atoms with Gasteiger partial charge in [0.2, 0.25) is 12.7 Å². The largest absolute Gasteiger partial charge is 0.454 e. The molecule has 1 aromatic heterocycles. The van der Waals surface area contributed by atoms with Gasteiger partial charge in [-0.3, -0.25) is 4.90 Å². The van der Waals surface area contributed by atoms with E-state index >= 15 is 0 Å². The summed E-state index contributed by atoms with van der Waals surface area (Å²) < 4.78 is 11.0. The van der Waals surface area contributed by atoms with Crippen molar-refractivity contribution in [3.8, 4) is 11.5 Å². The standard InChI is InChI=1S/C28H29N5O2/c1-2-6-21(7-3-1)12-13-29-27-23-8-4-5-9-24(23)30-28(31-27)33-16-14-32(15-17-33)19-22-10-11-25-26(18-22)35-20-34-25/h1-11,18H,12-17,19-20H2,(H,29,30,31). The number of hydrogen-bond acceptors (Lipinski definition) is 7. The fraction of sp³-hybridized carbons (Fsp3) is 0.286. The summed E-state index contributed by atoms with van der Waals surface area (Å²) in [4.78, 5) is 14.6. The van der Waals surface area contributed by atoms with E-state index in [1.165, 1.54) is 11.1 Å². The number of ether oxygens (including phenoxy) is 2. The number of fused-ring (bicyclic) bond motifs is 2. The maximum atomic E-state index is 5.53. The van der Waals surface area contributed by atoms with Crippen LogP contribution < -0.4 is 19.7 Å². The first-order valence-electron chi connectivity index (χ1n) is 12.2. The van der Waals surface area contributed by atoms with Crippen molar-refractivity contribution in [1.82, 2.24) is 14.9 Å². The number of nitrogens with zero attached hydrogens (tertiary/aromatic N) is 4. The summed E-state index contributed by atoms with van der Waals surface area (Å²) in [6, 6.07) is 25.0. The maximum Gasteiger partial charge on any atom is 0.231 e. The number of hydrogen-bond donors (Lipinski definition) is 1. The van der Waals surface area contributed by atoms with E-state index in [1.807, 2.05) is 18.2 Å². The van der Waals surface area contributed by atoms with E-state index < -0.39 is 0 Å². The number of benzene rings is 3. The number of rotatable bonds is 7. The predicted octanol–water partition coefficient (Wildman–Crippen LogP) is 4.34. The molecular formula is C28H29N5O2. The monoisotopic (exact) mass is 467 g/mol. The Kier molecular flexibility index (Phi) is 6.07. The first-order chi connectivity index (χ1) is 17.3. The normalized spacial score (nSPS) is 15.5. The lowest BCUT2D eigenvalue weighted by Gasteiger charge is -2.35. The zero-order valence-electron chi connectivity index (χ0n) is 19.7. The van der Waals surface area contributed by atoms with Gasteiger partial charge in [0.1, 0.15) is 5.82 Å². The summed E-state index contributed by atoms with van der Waals surface area (Å²) in [5.74, 6) is 3.39. The smallest absolute Gasteiger partial charge is 0.231 e. The average molecular weight is 468 g/mol. The van der Waals surface area contributed by atoms with Crippen molar-refractivity contribution in [2.75, 3.05) is 49.7 Å². The second kappa shape index (κ2) is 9.80. The first-order valence-corrected chi connectivity index (χ1v) is 12.2. The van der Waals surface area contributed by atoms with Gasteiger partial charge in [0, 0.05) is 44.7 Å². The molecule has 35 heavy (non-hydrogen) atoms. The van der Waals surface area contributed by atoms with Gasteiger partial charge >= 0.3 is 0 Å². The fourth-order valence-electron chi connectivity index (χ4n) is 4.71. The third-order valence-electron chi connectivity index (χ3n) is 6.64. The van der Waals surface area contributed by atoms with Gasteiger partial charge in [-0.1, -0.05) is 48.5 Å². The lowest BCUT2D eigenvalue weighted by atomic mass is 10.1. The van der Waals surface area contributed by atoms with Crippen LogP contribution in [0, 0.1) is 0 Å². The molecule has 1 fully saturated rings. The molecule has 2 aliphatic rings. The van der Waals surface area contributed by atoms with Crippen molar-refractivity contribution >= 4 is 22.7 Å². The second-order valence-electron chi connectivity index (χ2n) is 9.00. The zero-order chi connectivity index (χ0) is 23.5. The van der Waals surface area contributed by atoms with E-state index in [0.29, 0.717) is 6.79 Å². The van der Waals surface area contributed by atoms with Crippen LogP contribution in [0.5, 0.6) is 11.5 Å². The molecule has 1 N–H and O–H groups in total. The third kappa shape index (κ3) is 4.86. The third-order valence-corrected chi connectivity index (χ3v) is 6.64. The van der Waals surface area contributed by atoms with E-state index in [0.717, 1.165) is 79.9 Å². The summed E-state index contributed by atoms with van der Waals surface area (Å²) in [7, 11) is 0. The van der Waals surface area contributed by atoms with Gasteiger partial charge in [-0.2, -0.15) is 4.98 Å². The average Bonchev–Trinajstić information content (AvgIpc) is 3.38. The van der Waals surface area contributed by atoms with Gasteiger partial charge in [0.15, 0.2) is 11.5 Å². The molecular weight excluding hydrogens is 438 g/mol. The summed E-state index contributed by atoms with van der Waals surface area (Å²) >= 11 is 0. The Labute approximate surface area is 205 Å². The summed E-state index contributed by atoms with van der Waals surface area (Å²) in [6.45, 7) is 5.75. The van der Waals surface area contributed by atoms with Gasteiger partial charge in [-0.25, -0.2) is 4.98 Å². The van der Waals surface area contributed by atoms with Gasteiger partial charge in [0.25, 0.3) is 0 Å². The summed E-state index contributed by atoms with van der Waals surface area (Å²) in [5.41, 5.74) is 3.54. The van der Waals surface area contributed by atoms with E-state index in [2.05, 4.69) is 69.7 Å². The van der Waals surface area contributed by atoms with Gasteiger partial charge in [-0.05, 0) is 41.8 Å². The van der Waals surface area contributed by atoms with Crippen LogP contribution in [0.15, 0.2) is 72.8 Å². The minimum Gasteiger partial charge on any atom is -0.454 e. The molecule has 0 unspecified atom stereocenters. The van der Waals surface area contributed by atoms with Crippen molar-refractivity contribution in [1.29, 1.82) is 0 Å². The minimum absolute atomic E-state index is 0.312. The molecule has 0 atom stereocenters. The zero-order valence-corrected chi connectivity index (χ0v) is 19.7.